The largest absolute Gasteiger partial charge is 0.416 e. The van der Waals surface area contributed by atoms with Gasteiger partial charge in [0, 0.05) is 39.6 Å². The van der Waals surface area contributed by atoms with E-state index in [0.29, 0.717) is 43.3 Å². The molecule has 1 aliphatic heterocycles. The zero-order valence-corrected chi connectivity index (χ0v) is 16.3. The predicted octanol–water partition coefficient (Wildman–Crippen LogP) is 2.12. The molecule has 154 valence electrons. The van der Waals surface area contributed by atoms with E-state index >= 15 is 0 Å². The van der Waals surface area contributed by atoms with Gasteiger partial charge in [0.15, 0.2) is 5.82 Å². The molecule has 0 spiro atoms. The van der Waals surface area contributed by atoms with Gasteiger partial charge in [-0.3, -0.25) is 4.90 Å². The molecule has 2 heterocycles. The first-order valence-corrected chi connectivity index (χ1v) is 10.5. The maximum Gasteiger partial charge on any atom is 0.416 e. The summed E-state index contributed by atoms with van der Waals surface area (Å²) in [5, 5.41) is 3.87. The number of sulfonamides is 1. The standard InChI is InChI=1S/C17H21F3N4O3S/c1-23(28(2,25)26)7-6-15-21-16(27-22-15)13-10-24(11-13)9-12-4-3-5-14(8-12)17(18,19)20/h3-5,8,13H,6-7,9-11H2,1-2H3. The van der Waals surface area contributed by atoms with Crippen LogP contribution in [0.25, 0.3) is 0 Å². The summed E-state index contributed by atoms with van der Waals surface area (Å²) in [4.78, 5) is 6.30. The van der Waals surface area contributed by atoms with E-state index in [1.165, 1.54) is 17.4 Å². The van der Waals surface area contributed by atoms with Crippen molar-refractivity contribution in [2.75, 3.05) is 32.9 Å². The van der Waals surface area contributed by atoms with Gasteiger partial charge in [-0.2, -0.15) is 18.2 Å². The number of rotatable bonds is 7. The number of hydrogen-bond donors (Lipinski definition) is 0. The van der Waals surface area contributed by atoms with Crippen LogP contribution in [-0.2, 0) is 29.2 Å². The average molecular weight is 418 g/mol. The van der Waals surface area contributed by atoms with Gasteiger partial charge in [0.25, 0.3) is 0 Å². The number of likely N-dealkylation sites (N-methyl/N-ethyl adjacent to an activating group) is 1. The molecule has 0 amide bonds. The molecule has 0 saturated carbocycles. The van der Waals surface area contributed by atoms with Crippen molar-refractivity contribution < 1.29 is 26.1 Å². The van der Waals surface area contributed by atoms with Gasteiger partial charge in [0.1, 0.15) is 0 Å². The molecule has 0 radical (unpaired) electrons. The number of hydrogen-bond acceptors (Lipinski definition) is 6. The molecule has 0 aliphatic carbocycles. The highest BCUT2D eigenvalue weighted by Crippen LogP contribution is 2.31. The van der Waals surface area contributed by atoms with Crippen molar-refractivity contribution >= 4 is 10.0 Å². The van der Waals surface area contributed by atoms with Crippen LogP contribution in [0.5, 0.6) is 0 Å². The van der Waals surface area contributed by atoms with E-state index in [1.54, 1.807) is 6.07 Å². The predicted molar refractivity (Wildman–Crippen MR) is 94.9 cm³/mol. The van der Waals surface area contributed by atoms with Crippen molar-refractivity contribution in [1.82, 2.24) is 19.3 Å². The molecule has 1 fully saturated rings. The first-order valence-electron chi connectivity index (χ1n) is 8.64. The number of alkyl halides is 3. The van der Waals surface area contributed by atoms with Gasteiger partial charge in [-0.05, 0) is 11.6 Å². The molecule has 1 aromatic heterocycles. The Kier molecular flexibility index (Phi) is 5.78. The van der Waals surface area contributed by atoms with E-state index in [1.807, 2.05) is 4.90 Å². The van der Waals surface area contributed by atoms with E-state index in [9.17, 15) is 21.6 Å². The number of likely N-dealkylation sites (tertiary alicyclic amines) is 1. The second kappa shape index (κ2) is 7.80. The van der Waals surface area contributed by atoms with Gasteiger partial charge < -0.3 is 4.52 Å². The molecule has 1 aliphatic rings. The van der Waals surface area contributed by atoms with Crippen LogP contribution in [0, 0.1) is 0 Å². The van der Waals surface area contributed by atoms with E-state index in [0.717, 1.165) is 18.4 Å². The van der Waals surface area contributed by atoms with Gasteiger partial charge >= 0.3 is 6.18 Å². The third-order valence-corrected chi connectivity index (χ3v) is 5.98. The summed E-state index contributed by atoms with van der Waals surface area (Å²) in [5.41, 5.74) is -0.0500. The van der Waals surface area contributed by atoms with Crippen molar-refractivity contribution in [2.45, 2.75) is 25.1 Å². The molecule has 0 atom stereocenters. The fraction of sp³-hybridized carbons (Fsp3) is 0.529. The zero-order chi connectivity index (χ0) is 20.5. The zero-order valence-electron chi connectivity index (χ0n) is 15.5. The Hall–Kier alpha value is -1.98. The lowest BCUT2D eigenvalue weighted by atomic mass is 9.99. The second-order valence-corrected chi connectivity index (χ2v) is 9.06. The smallest absolute Gasteiger partial charge is 0.339 e. The van der Waals surface area contributed by atoms with E-state index < -0.39 is 21.8 Å². The molecule has 1 saturated heterocycles. The fourth-order valence-electron chi connectivity index (χ4n) is 2.92. The second-order valence-electron chi connectivity index (χ2n) is 6.97. The molecule has 0 N–H and O–H groups in total. The summed E-state index contributed by atoms with van der Waals surface area (Å²) in [6.07, 6.45) is -2.88. The van der Waals surface area contributed by atoms with Crippen LogP contribution in [0.15, 0.2) is 28.8 Å². The monoisotopic (exact) mass is 418 g/mol. The van der Waals surface area contributed by atoms with Crippen molar-refractivity contribution in [3.63, 3.8) is 0 Å². The summed E-state index contributed by atoms with van der Waals surface area (Å²) in [6.45, 7) is 1.90. The highest BCUT2D eigenvalue weighted by molar-refractivity contribution is 7.88. The Morgan fingerprint density at radius 1 is 1.32 bits per heavy atom. The Morgan fingerprint density at radius 2 is 2.04 bits per heavy atom. The first-order chi connectivity index (χ1) is 13.0. The summed E-state index contributed by atoms with van der Waals surface area (Å²) >= 11 is 0. The Balaban J connectivity index is 1.50. The van der Waals surface area contributed by atoms with Crippen molar-refractivity contribution in [2.24, 2.45) is 0 Å². The molecular formula is C17H21F3N4O3S. The highest BCUT2D eigenvalue weighted by Gasteiger charge is 2.34. The third-order valence-electron chi connectivity index (χ3n) is 4.67. The Morgan fingerprint density at radius 3 is 2.68 bits per heavy atom. The van der Waals surface area contributed by atoms with Crippen LogP contribution in [0.1, 0.15) is 28.8 Å². The van der Waals surface area contributed by atoms with Gasteiger partial charge in [-0.15, -0.1) is 0 Å². The lowest BCUT2D eigenvalue weighted by Crippen LogP contribution is -2.44. The number of halogens is 3. The molecule has 1 aromatic carbocycles. The van der Waals surface area contributed by atoms with E-state index in [2.05, 4.69) is 10.1 Å². The van der Waals surface area contributed by atoms with Gasteiger partial charge in [-0.25, -0.2) is 12.7 Å². The van der Waals surface area contributed by atoms with Crippen LogP contribution in [-0.4, -0.2) is 60.7 Å². The third kappa shape index (κ3) is 5.09. The van der Waals surface area contributed by atoms with Crippen LogP contribution in [0.3, 0.4) is 0 Å². The van der Waals surface area contributed by atoms with Crippen molar-refractivity contribution in [1.29, 1.82) is 0 Å². The quantitative estimate of drug-likeness (QED) is 0.685. The molecule has 2 aromatic rings. The SMILES string of the molecule is CN(CCc1noc(C2CN(Cc3cccc(C(F)(F)F)c3)C2)n1)S(C)(=O)=O. The van der Waals surface area contributed by atoms with E-state index in [-0.39, 0.29) is 12.5 Å². The normalized spacial score (nSPS) is 16.5. The Bertz CT molecular complexity index is 924. The van der Waals surface area contributed by atoms with Crippen LogP contribution in [0.4, 0.5) is 13.2 Å². The maximum atomic E-state index is 12.8. The minimum Gasteiger partial charge on any atom is -0.339 e. The first kappa shape index (κ1) is 20.7. The van der Waals surface area contributed by atoms with Crippen molar-refractivity contribution in [3.8, 4) is 0 Å². The lowest BCUT2D eigenvalue weighted by molar-refractivity contribution is -0.137. The summed E-state index contributed by atoms with van der Waals surface area (Å²) < 4.78 is 67.6. The summed E-state index contributed by atoms with van der Waals surface area (Å²) in [5.74, 6) is 0.929. The number of benzene rings is 1. The minimum absolute atomic E-state index is 0.0275. The molecular weight excluding hydrogens is 397 g/mol. The fourth-order valence-corrected chi connectivity index (χ4v) is 3.34. The molecule has 28 heavy (non-hydrogen) atoms. The summed E-state index contributed by atoms with van der Waals surface area (Å²) in [7, 11) is -1.78. The molecule has 11 heteroatoms. The van der Waals surface area contributed by atoms with Crippen LogP contribution < -0.4 is 0 Å². The van der Waals surface area contributed by atoms with Gasteiger partial charge in [-0.1, -0.05) is 23.4 Å². The topological polar surface area (TPSA) is 79.5 Å². The molecule has 3 rings (SSSR count). The molecule has 0 unspecified atom stereocenters. The number of nitrogens with zero attached hydrogens (tertiary/aromatic N) is 4. The lowest BCUT2D eigenvalue weighted by Gasteiger charge is -2.37. The molecule has 0 bridgehead atoms. The molecule has 7 nitrogen and oxygen atoms in total. The van der Waals surface area contributed by atoms with Gasteiger partial charge in [0.2, 0.25) is 15.9 Å². The highest BCUT2D eigenvalue weighted by atomic mass is 32.2. The van der Waals surface area contributed by atoms with Gasteiger partial charge in [0.05, 0.1) is 17.7 Å². The number of aromatic nitrogens is 2. The minimum atomic E-state index is -4.35. The van der Waals surface area contributed by atoms with Crippen LogP contribution in [0.2, 0.25) is 0 Å². The Labute approximate surface area is 161 Å². The van der Waals surface area contributed by atoms with E-state index in [4.69, 9.17) is 4.52 Å². The average Bonchev–Trinajstić information content (AvgIpc) is 3.02. The maximum absolute atomic E-state index is 12.8. The van der Waals surface area contributed by atoms with Crippen LogP contribution >= 0.6 is 0 Å². The van der Waals surface area contributed by atoms with Crippen molar-refractivity contribution in [3.05, 3.63) is 47.1 Å². The summed E-state index contributed by atoms with van der Waals surface area (Å²) in [6, 6.07) is 5.30.